The van der Waals surface area contributed by atoms with Gasteiger partial charge in [-0.1, -0.05) is 6.92 Å². The maximum atomic E-state index is 13.3. The van der Waals surface area contributed by atoms with E-state index in [-0.39, 0.29) is 18.0 Å². The highest BCUT2D eigenvalue weighted by Crippen LogP contribution is 2.38. The minimum atomic E-state index is -3.32. The van der Waals surface area contributed by atoms with Crippen LogP contribution in [0, 0.1) is 0 Å². The predicted octanol–water partition coefficient (Wildman–Crippen LogP) is 3.61. The Labute approximate surface area is 164 Å². The molecule has 2 aliphatic heterocycles. The van der Waals surface area contributed by atoms with Crippen molar-refractivity contribution in [1.29, 1.82) is 0 Å². The lowest BCUT2D eigenvalue weighted by atomic mass is 9.96. The van der Waals surface area contributed by atoms with Crippen LogP contribution in [0.15, 0.2) is 29.6 Å². The van der Waals surface area contributed by atoms with Gasteiger partial charge in [-0.15, -0.1) is 11.3 Å². The molecule has 3 heterocycles. The molecular formula is C20H24N2O3S2. The van der Waals surface area contributed by atoms with Crippen LogP contribution in [0.1, 0.15) is 52.7 Å². The number of carbonyl (C=O) groups excluding carboxylic acids is 1. The number of nitrogens with zero attached hydrogens (tertiary/aromatic N) is 2. The van der Waals surface area contributed by atoms with Crippen molar-refractivity contribution in [2.45, 2.75) is 45.2 Å². The number of rotatable bonds is 3. The number of fused-ring (bicyclic) bond motifs is 2. The van der Waals surface area contributed by atoms with Gasteiger partial charge in [0.15, 0.2) is 0 Å². The van der Waals surface area contributed by atoms with Crippen molar-refractivity contribution in [3.8, 4) is 0 Å². The number of hydrogen-bond acceptors (Lipinski definition) is 4. The third-order valence-electron chi connectivity index (χ3n) is 5.58. The summed E-state index contributed by atoms with van der Waals surface area (Å²) in [6.45, 7) is 4.75. The van der Waals surface area contributed by atoms with Crippen LogP contribution in [-0.4, -0.2) is 38.1 Å². The molecule has 144 valence electrons. The number of benzene rings is 1. The van der Waals surface area contributed by atoms with Crippen LogP contribution >= 0.6 is 11.3 Å². The average Bonchev–Trinajstić information content (AvgIpc) is 3.21. The van der Waals surface area contributed by atoms with Crippen LogP contribution in [0.3, 0.4) is 0 Å². The van der Waals surface area contributed by atoms with E-state index in [2.05, 4.69) is 18.4 Å². The van der Waals surface area contributed by atoms with Crippen LogP contribution in [0.4, 0.5) is 5.69 Å². The maximum Gasteiger partial charge on any atom is 0.254 e. The smallest absolute Gasteiger partial charge is 0.254 e. The van der Waals surface area contributed by atoms with Gasteiger partial charge in [-0.25, -0.2) is 8.42 Å². The van der Waals surface area contributed by atoms with E-state index in [0.29, 0.717) is 17.7 Å². The number of anilines is 1. The molecule has 0 spiro atoms. The molecule has 2 unspecified atom stereocenters. The molecule has 1 aromatic heterocycles. The van der Waals surface area contributed by atoms with Crippen molar-refractivity contribution in [3.05, 3.63) is 51.2 Å². The van der Waals surface area contributed by atoms with E-state index >= 15 is 0 Å². The number of hydrogen-bond donors (Lipinski definition) is 0. The van der Waals surface area contributed by atoms with E-state index in [1.807, 2.05) is 17.9 Å². The zero-order valence-corrected chi connectivity index (χ0v) is 17.4. The topological polar surface area (TPSA) is 57.7 Å². The summed E-state index contributed by atoms with van der Waals surface area (Å²) >= 11 is 1.77. The second-order valence-electron chi connectivity index (χ2n) is 7.43. The highest BCUT2D eigenvalue weighted by Gasteiger charge is 2.35. The number of carbonyl (C=O) groups is 1. The summed E-state index contributed by atoms with van der Waals surface area (Å²) in [5.41, 5.74) is 3.56. The first-order chi connectivity index (χ1) is 12.8. The number of thiophene rings is 1. The molecule has 0 fully saturated rings. The van der Waals surface area contributed by atoms with Gasteiger partial charge < -0.3 is 4.90 Å². The monoisotopic (exact) mass is 404 g/mol. The first-order valence-electron chi connectivity index (χ1n) is 9.30. The third kappa shape index (κ3) is 3.06. The van der Waals surface area contributed by atoms with Gasteiger partial charge in [0.2, 0.25) is 10.0 Å². The van der Waals surface area contributed by atoms with Crippen LogP contribution < -0.4 is 4.31 Å². The molecule has 4 rings (SSSR count). The molecule has 2 aliphatic rings. The van der Waals surface area contributed by atoms with Crippen molar-refractivity contribution in [1.82, 2.24) is 4.90 Å². The fourth-order valence-corrected chi connectivity index (χ4v) is 6.68. The lowest BCUT2D eigenvalue weighted by molar-refractivity contribution is 0.0657. The van der Waals surface area contributed by atoms with Gasteiger partial charge in [-0.2, -0.15) is 0 Å². The van der Waals surface area contributed by atoms with Gasteiger partial charge in [0.25, 0.3) is 5.91 Å². The highest BCUT2D eigenvalue weighted by molar-refractivity contribution is 7.92. The van der Waals surface area contributed by atoms with Gasteiger partial charge in [0.05, 0.1) is 18.0 Å². The lowest BCUT2D eigenvalue weighted by Crippen LogP contribution is -2.39. The van der Waals surface area contributed by atoms with Gasteiger partial charge in [-0.3, -0.25) is 9.10 Å². The van der Waals surface area contributed by atoms with E-state index in [9.17, 15) is 13.2 Å². The summed E-state index contributed by atoms with van der Waals surface area (Å²) in [7, 11) is -3.32. The normalized spacial score (nSPS) is 21.9. The SMILES string of the molecule is CCC1c2ccsc2CCN1C(=O)c1ccc2c(c1)CC(C)N2S(C)(=O)=O. The standard InChI is InChI=1S/C20H24N2O3S2/c1-4-17-16-8-10-26-19(16)7-9-21(17)20(23)14-5-6-18-15(12-14)11-13(2)22(18)27(3,24)25/h5-6,8,10,12-13,17H,4,7,9,11H2,1-3H3. The second-order valence-corrected chi connectivity index (χ2v) is 10.3. The van der Waals surface area contributed by atoms with Crippen LogP contribution in [0.5, 0.6) is 0 Å². The van der Waals surface area contributed by atoms with Gasteiger partial charge in [0.1, 0.15) is 0 Å². The Bertz CT molecular complexity index is 996. The third-order valence-corrected chi connectivity index (χ3v) is 7.85. The summed E-state index contributed by atoms with van der Waals surface area (Å²) in [5.74, 6) is 0.0342. The summed E-state index contributed by atoms with van der Waals surface area (Å²) < 4.78 is 25.7. The second kappa shape index (κ2) is 6.63. The minimum Gasteiger partial charge on any atom is -0.331 e. The van der Waals surface area contributed by atoms with Crippen molar-refractivity contribution >= 4 is 33.0 Å². The molecule has 5 nitrogen and oxygen atoms in total. The van der Waals surface area contributed by atoms with Crippen LogP contribution in [-0.2, 0) is 22.9 Å². The molecule has 0 radical (unpaired) electrons. The summed E-state index contributed by atoms with van der Waals surface area (Å²) in [6, 6.07) is 7.58. The predicted molar refractivity (Wildman–Crippen MR) is 109 cm³/mol. The van der Waals surface area contributed by atoms with E-state index in [4.69, 9.17) is 0 Å². The molecule has 0 aliphatic carbocycles. The Hall–Kier alpha value is -1.86. The Kier molecular flexibility index (Phi) is 4.55. The zero-order valence-electron chi connectivity index (χ0n) is 15.8. The molecular weight excluding hydrogens is 380 g/mol. The molecule has 0 saturated heterocycles. The largest absolute Gasteiger partial charge is 0.331 e. The van der Waals surface area contributed by atoms with E-state index in [1.165, 1.54) is 21.0 Å². The molecule has 2 aromatic rings. The average molecular weight is 405 g/mol. The summed E-state index contributed by atoms with van der Waals surface area (Å²) in [6.07, 6.45) is 3.66. The van der Waals surface area contributed by atoms with Gasteiger partial charge >= 0.3 is 0 Å². The molecule has 1 aromatic carbocycles. The van der Waals surface area contributed by atoms with Crippen molar-refractivity contribution in [2.24, 2.45) is 0 Å². The number of amides is 1. The zero-order chi connectivity index (χ0) is 19.3. The summed E-state index contributed by atoms with van der Waals surface area (Å²) in [4.78, 5) is 16.6. The van der Waals surface area contributed by atoms with Crippen LogP contribution in [0.25, 0.3) is 0 Å². The maximum absolute atomic E-state index is 13.3. The Morgan fingerprint density at radius 2 is 2.07 bits per heavy atom. The molecule has 0 bridgehead atoms. The first kappa shape index (κ1) is 18.5. The van der Waals surface area contributed by atoms with Gasteiger partial charge in [0, 0.05) is 23.0 Å². The molecule has 27 heavy (non-hydrogen) atoms. The van der Waals surface area contributed by atoms with E-state index in [0.717, 1.165) is 24.9 Å². The molecule has 7 heteroatoms. The lowest BCUT2D eigenvalue weighted by Gasteiger charge is -2.35. The van der Waals surface area contributed by atoms with Crippen molar-refractivity contribution in [3.63, 3.8) is 0 Å². The Balaban J connectivity index is 1.66. The molecule has 2 atom stereocenters. The van der Waals surface area contributed by atoms with E-state index in [1.54, 1.807) is 23.5 Å². The quantitative estimate of drug-likeness (QED) is 0.785. The molecule has 0 N–H and O–H groups in total. The fourth-order valence-electron chi connectivity index (χ4n) is 4.49. The molecule has 0 saturated carbocycles. The summed E-state index contributed by atoms with van der Waals surface area (Å²) in [5, 5.41) is 2.11. The Morgan fingerprint density at radius 1 is 1.30 bits per heavy atom. The van der Waals surface area contributed by atoms with Crippen LogP contribution in [0.2, 0.25) is 0 Å². The van der Waals surface area contributed by atoms with Crippen molar-refractivity contribution < 1.29 is 13.2 Å². The highest BCUT2D eigenvalue weighted by atomic mass is 32.2. The van der Waals surface area contributed by atoms with Crippen molar-refractivity contribution in [2.75, 3.05) is 17.1 Å². The van der Waals surface area contributed by atoms with Gasteiger partial charge in [-0.05, 0) is 67.0 Å². The molecule has 1 amide bonds. The first-order valence-corrected chi connectivity index (χ1v) is 12.0. The van der Waals surface area contributed by atoms with E-state index < -0.39 is 10.0 Å². The Morgan fingerprint density at radius 3 is 2.78 bits per heavy atom. The minimum absolute atomic E-state index is 0.0342. The fraction of sp³-hybridized carbons (Fsp3) is 0.450. The number of sulfonamides is 1.